The molecular formula is C23H21N5O. The summed E-state index contributed by atoms with van der Waals surface area (Å²) in [6.07, 6.45) is 1.61. The van der Waals surface area contributed by atoms with Crippen LogP contribution < -0.4 is 10.3 Å². The lowest BCUT2D eigenvalue weighted by Gasteiger charge is -2.11. The van der Waals surface area contributed by atoms with Gasteiger partial charge in [-0.05, 0) is 40.6 Å². The monoisotopic (exact) mass is 383 g/mol. The molecule has 144 valence electrons. The average molecular weight is 383 g/mol. The average Bonchev–Trinajstić information content (AvgIpc) is 3.24. The van der Waals surface area contributed by atoms with Gasteiger partial charge in [0.25, 0.3) is 5.91 Å². The van der Waals surface area contributed by atoms with Crippen LogP contribution in [0.2, 0.25) is 0 Å². The van der Waals surface area contributed by atoms with Gasteiger partial charge in [0, 0.05) is 25.3 Å². The highest BCUT2D eigenvalue weighted by molar-refractivity contribution is 5.94. The van der Waals surface area contributed by atoms with Crippen molar-refractivity contribution in [1.82, 2.24) is 15.6 Å². The van der Waals surface area contributed by atoms with Gasteiger partial charge in [0.05, 0.1) is 11.9 Å². The normalized spacial score (nSPS) is 11.1. The number of H-pyrrole nitrogens is 1. The van der Waals surface area contributed by atoms with Crippen LogP contribution in [0.1, 0.15) is 16.1 Å². The Morgan fingerprint density at radius 2 is 1.76 bits per heavy atom. The van der Waals surface area contributed by atoms with Gasteiger partial charge in [0.15, 0.2) is 0 Å². The summed E-state index contributed by atoms with van der Waals surface area (Å²) < 4.78 is 0. The van der Waals surface area contributed by atoms with Gasteiger partial charge in [-0.2, -0.15) is 10.2 Å². The van der Waals surface area contributed by atoms with Gasteiger partial charge in [0.1, 0.15) is 5.69 Å². The minimum atomic E-state index is -0.342. The Labute approximate surface area is 168 Å². The number of aromatic amines is 1. The Balaban J connectivity index is 1.43. The van der Waals surface area contributed by atoms with Gasteiger partial charge in [-0.1, -0.05) is 48.5 Å². The van der Waals surface area contributed by atoms with E-state index in [-0.39, 0.29) is 5.91 Å². The third-order valence-corrected chi connectivity index (χ3v) is 4.66. The Kier molecular flexibility index (Phi) is 5.07. The maximum absolute atomic E-state index is 12.3. The second-order valence-corrected chi connectivity index (χ2v) is 6.91. The molecule has 0 spiro atoms. The molecule has 0 bridgehead atoms. The zero-order valence-corrected chi connectivity index (χ0v) is 16.3. The molecule has 6 heteroatoms. The number of carbonyl (C=O) groups excluding carboxylic acids is 1. The quantitative estimate of drug-likeness (QED) is 0.403. The number of rotatable bonds is 5. The molecule has 29 heavy (non-hydrogen) atoms. The fourth-order valence-corrected chi connectivity index (χ4v) is 3.02. The van der Waals surface area contributed by atoms with Gasteiger partial charge >= 0.3 is 0 Å². The number of hydrogen-bond acceptors (Lipinski definition) is 4. The molecule has 0 aliphatic carbocycles. The first-order valence-corrected chi connectivity index (χ1v) is 9.25. The van der Waals surface area contributed by atoms with E-state index in [0.29, 0.717) is 11.4 Å². The molecule has 6 nitrogen and oxygen atoms in total. The molecule has 0 aliphatic rings. The van der Waals surface area contributed by atoms with Crippen LogP contribution in [-0.4, -0.2) is 36.4 Å². The van der Waals surface area contributed by atoms with Gasteiger partial charge in [-0.3, -0.25) is 9.89 Å². The second-order valence-electron chi connectivity index (χ2n) is 6.91. The predicted octanol–water partition coefficient (Wildman–Crippen LogP) is 4.06. The van der Waals surface area contributed by atoms with Crippen molar-refractivity contribution in [2.75, 3.05) is 19.0 Å². The molecule has 4 rings (SSSR count). The lowest BCUT2D eigenvalue weighted by Crippen LogP contribution is -2.18. The van der Waals surface area contributed by atoms with E-state index in [1.807, 2.05) is 67.5 Å². The molecule has 4 aromatic rings. The fraction of sp³-hybridized carbons (Fsp3) is 0.0870. The van der Waals surface area contributed by atoms with Crippen LogP contribution in [0.25, 0.3) is 22.0 Å². The van der Waals surface area contributed by atoms with Crippen LogP contribution in [0.5, 0.6) is 0 Å². The zero-order valence-electron chi connectivity index (χ0n) is 16.3. The first-order valence-electron chi connectivity index (χ1n) is 9.25. The molecule has 1 amide bonds. The van der Waals surface area contributed by atoms with E-state index in [1.54, 1.807) is 12.3 Å². The lowest BCUT2D eigenvalue weighted by atomic mass is 10.1. The van der Waals surface area contributed by atoms with Crippen molar-refractivity contribution < 1.29 is 4.79 Å². The number of nitrogens with one attached hydrogen (secondary N) is 2. The summed E-state index contributed by atoms with van der Waals surface area (Å²) in [4.78, 5) is 14.4. The molecule has 3 aromatic carbocycles. The minimum Gasteiger partial charge on any atom is -0.378 e. The second kappa shape index (κ2) is 7.98. The van der Waals surface area contributed by atoms with E-state index in [4.69, 9.17) is 0 Å². The van der Waals surface area contributed by atoms with E-state index in [9.17, 15) is 4.79 Å². The summed E-state index contributed by atoms with van der Waals surface area (Å²) in [5, 5.41) is 13.4. The van der Waals surface area contributed by atoms with E-state index in [1.165, 1.54) is 0 Å². The van der Waals surface area contributed by atoms with Crippen molar-refractivity contribution in [3.05, 3.63) is 84.1 Å². The van der Waals surface area contributed by atoms with Crippen LogP contribution in [0.4, 0.5) is 5.69 Å². The van der Waals surface area contributed by atoms with Crippen molar-refractivity contribution in [2.24, 2.45) is 5.10 Å². The summed E-state index contributed by atoms with van der Waals surface area (Å²) >= 11 is 0. The summed E-state index contributed by atoms with van der Waals surface area (Å²) in [5.41, 5.74) is 6.54. The number of hydrogen-bond donors (Lipinski definition) is 2. The largest absolute Gasteiger partial charge is 0.378 e. The molecule has 1 aromatic heterocycles. The van der Waals surface area contributed by atoms with E-state index in [0.717, 1.165) is 27.6 Å². The predicted molar refractivity (Wildman–Crippen MR) is 117 cm³/mol. The number of nitrogens with zero attached hydrogens (tertiary/aromatic N) is 3. The number of fused-ring (bicyclic) bond motifs is 1. The van der Waals surface area contributed by atoms with E-state index < -0.39 is 0 Å². The lowest BCUT2D eigenvalue weighted by molar-refractivity contribution is 0.0950. The first kappa shape index (κ1) is 18.4. The maximum atomic E-state index is 12.3. The Bertz CT molecular complexity index is 1180. The number of hydrazone groups is 1. The molecular weight excluding hydrogens is 362 g/mol. The number of amides is 1. The smallest absolute Gasteiger partial charge is 0.289 e. The summed E-state index contributed by atoms with van der Waals surface area (Å²) in [5.74, 6) is -0.342. The molecule has 0 saturated carbocycles. The Morgan fingerprint density at radius 3 is 2.52 bits per heavy atom. The van der Waals surface area contributed by atoms with Crippen molar-refractivity contribution in [3.8, 4) is 11.3 Å². The molecule has 0 radical (unpaired) electrons. The molecule has 0 atom stereocenters. The summed E-state index contributed by atoms with van der Waals surface area (Å²) in [6, 6.07) is 23.8. The summed E-state index contributed by atoms with van der Waals surface area (Å²) in [6.45, 7) is 0. The number of carbonyl (C=O) groups is 1. The highest BCUT2D eigenvalue weighted by atomic mass is 16.2. The third kappa shape index (κ3) is 4.16. The molecule has 2 N–H and O–H groups in total. The third-order valence-electron chi connectivity index (χ3n) is 4.66. The molecule has 0 aliphatic heterocycles. The highest BCUT2D eigenvalue weighted by Crippen LogP contribution is 2.23. The highest BCUT2D eigenvalue weighted by Gasteiger charge is 2.10. The molecule has 0 fully saturated rings. The number of aromatic nitrogens is 2. The van der Waals surface area contributed by atoms with Crippen molar-refractivity contribution in [1.29, 1.82) is 0 Å². The van der Waals surface area contributed by atoms with Gasteiger partial charge in [0.2, 0.25) is 0 Å². The maximum Gasteiger partial charge on any atom is 0.289 e. The van der Waals surface area contributed by atoms with Crippen LogP contribution in [-0.2, 0) is 0 Å². The van der Waals surface area contributed by atoms with Gasteiger partial charge in [-0.25, -0.2) is 5.43 Å². The van der Waals surface area contributed by atoms with E-state index in [2.05, 4.69) is 38.9 Å². The van der Waals surface area contributed by atoms with Gasteiger partial charge < -0.3 is 4.90 Å². The first-order chi connectivity index (χ1) is 14.1. The fourth-order valence-electron chi connectivity index (χ4n) is 3.02. The zero-order chi connectivity index (χ0) is 20.2. The molecule has 0 unspecified atom stereocenters. The minimum absolute atomic E-state index is 0.342. The number of anilines is 1. The van der Waals surface area contributed by atoms with Crippen LogP contribution in [0, 0.1) is 0 Å². The SMILES string of the molecule is CN(C)c1ccc(/C=N/NC(=O)c2cc(-c3ccc4ccccc4c3)n[nH]2)cc1. The van der Waals surface area contributed by atoms with Crippen molar-refractivity contribution >= 4 is 28.6 Å². The van der Waals surface area contributed by atoms with Gasteiger partial charge in [-0.15, -0.1) is 0 Å². The van der Waals surface area contributed by atoms with Crippen molar-refractivity contribution in [2.45, 2.75) is 0 Å². The van der Waals surface area contributed by atoms with Crippen LogP contribution >= 0.6 is 0 Å². The topological polar surface area (TPSA) is 73.4 Å². The molecule has 1 heterocycles. The van der Waals surface area contributed by atoms with Crippen LogP contribution in [0.3, 0.4) is 0 Å². The Morgan fingerprint density at radius 1 is 1.00 bits per heavy atom. The Hall–Kier alpha value is -3.93. The van der Waals surface area contributed by atoms with E-state index >= 15 is 0 Å². The van der Waals surface area contributed by atoms with Crippen molar-refractivity contribution in [3.63, 3.8) is 0 Å². The summed E-state index contributed by atoms with van der Waals surface area (Å²) in [7, 11) is 3.97. The standard InChI is InChI=1S/C23H21N5O/c1-28(2)20-11-7-16(8-12-20)15-24-27-23(29)22-14-21(25-26-22)19-10-9-17-5-3-4-6-18(17)13-19/h3-15H,1-2H3,(H,25,26)(H,27,29)/b24-15+. The molecule has 0 saturated heterocycles. The van der Waals surface area contributed by atoms with Crippen LogP contribution in [0.15, 0.2) is 77.9 Å². The number of benzene rings is 3.